The van der Waals surface area contributed by atoms with E-state index in [9.17, 15) is 4.79 Å². The van der Waals surface area contributed by atoms with Gasteiger partial charge in [0.2, 0.25) is 5.75 Å². The summed E-state index contributed by atoms with van der Waals surface area (Å²) < 4.78 is 18.5. The summed E-state index contributed by atoms with van der Waals surface area (Å²) in [5, 5.41) is 1.02. The average Bonchev–Trinajstić information content (AvgIpc) is 3.23. The first-order valence-electron chi connectivity index (χ1n) is 11.9. The van der Waals surface area contributed by atoms with Gasteiger partial charge in [0.15, 0.2) is 16.6 Å². The molecule has 1 saturated heterocycles. The molecule has 0 bridgehead atoms. The highest BCUT2D eigenvalue weighted by atomic mass is 32.1. The van der Waals surface area contributed by atoms with E-state index in [1.807, 2.05) is 25.7 Å². The number of thiazole rings is 1. The number of carbonyl (C=O) groups is 1. The zero-order valence-corrected chi connectivity index (χ0v) is 21.5. The summed E-state index contributed by atoms with van der Waals surface area (Å²) in [6, 6.07) is 7.90. The topological polar surface area (TPSA) is 64.1 Å². The monoisotopic (exact) mass is 483 g/mol. The van der Waals surface area contributed by atoms with E-state index in [-0.39, 0.29) is 5.91 Å². The first-order chi connectivity index (χ1) is 16.4. The maximum Gasteiger partial charge on any atom is 0.254 e. The number of fused-ring (bicyclic) bond motifs is 1. The first-order valence-corrected chi connectivity index (χ1v) is 12.7. The van der Waals surface area contributed by atoms with Crippen molar-refractivity contribution in [3.63, 3.8) is 0 Å². The minimum Gasteiger partial charge on any atom is -0.490 e. The van der Waals surface area contributed by atoms with E-state index >= 15 is 0 Å². The van der Waals surface area contributed by atoms with Crippen LogP contribution in [0.2, 0.25) is 0 Å². The lowest BCUT2D eigenvalue weighted by Crippen LogP contribution is -2.48. The Morgan fingerprint density at radius 3 is 2.06 bits per heavy atom. The molecule has 0 radical (unpaired) electrons. The van der Waals surface area contributed by atoms with E-state index in [1.54, 1.807) is 23.5 Å². The molecule has 4 rings (SSSR count). The number of anilines is 1. The van der Waals surface area contributed by atoms with Crippen LogP contribution >= 0.6 is 11.3 Å². The Kier molecular flexibility index (Phi) is 7.46. The summed E-state index contributed by atoms with van der Waals surface area (Å²) in [5.74, 6) is 1.60. The lowest BCUT2D eigenvalue weighted by molar-refractivity contribution is 0.0745. The van der Waals surface area contributed by atoms with Gasteiger partial charge in [-0.05, 0) is 70.0 Å². The lowest BCUT2D eigenvalue weighted by atomic mass is 10.1. The molecule has 1 fully saturated rings. The van der Waals surface area contributed by atoms with Crippen LogP contribution in [0.3, 0.4) is 0 Å². The molecule has 2 aromatic carbocycles. The number of benzene rings is 2. The number of hydrogen-bond donors (Lipinski definition) is 0. The van der Waals surface area contributed by atoms with Gasteiger partial charge in [0, 0.05) is 31.7 Å². The number of nitrogens with zero attached hydrogens (tertiary/aromatic N) is 3. The third-order valence-electron chi connectivity index (χ3n) is 5.99. The minimum atomic E-state index is -0.0276. The standard InChI is InChI=1S/C26H33N3O4S/c1-6-31-21-15-19(16-22(32-7-2)24(21)33-8-3)25(30)28-9-11-29(12-10-28)26-27-20-13-17(4)18(5)14-23(20)34-26/h13-16H,6-12H2,1-5H3. The van der Waals surface area contributed by atoms with Gasteiger partial charge in [-0.1, -0.05) is 11.3 Å². The van der Waals surface area contributed by atoms with Crippen LogP contribution in [0, 0.1) is 13.8 Å². The highest BCUT2D eigenvalue weighted by molar-refractivity contribution is 7.22. The number of aryl methyl sites for hydroxylation is 2. The minimum absolute atomic E-state index is 0.0276. The molecule has 7 nitrogen and oxygen atoms in total. The van der Waals surface area contributed by atoms with Gasteiger partial charge < -0.3 is 24.0 Å². The maximum atomic E-state index is 13.4. The number of aromatic nitrogens is 1. The van der Waals surface area contributed by atoms with Crippen LogP contribution in [0.1, 0.15) is 42.3 Å². The number of carbonyl (C=O) groups excluding carboxylic acids is 1. The molecule has 3 aromatic rings. The average molecular weight is 484 g/mol. The second kappa shape index (κ2) is 10.5. The van der Waals surface area contributed by atoms with Crippen molar-refractivity contribution < 1.29 is 19.0 Å². The number of ether oxygens (including phenoxy) is 3. The highest BCUT2D eigenvalue weighted by Crippen LogP contribution is 2.39. The van der Waals surface area contributed by atoms with Crippen LogP contribution in [-0.2, 0) is 0 Å². The van der Waals surface area contributed by atoms with E-state index in [4.69, 9.17) is 19.2 Å². The van der Waals surface area contributed by atoms with E-state index in [0.29, 0.717) is 55.7 Å². The van der Waals surface area contributed by atoms with Gasteiger partial charge in [-0.2, -0.15) is 0 Å². The van der Waals surface area contributed by atoms with Gasteiger partial charge in [-0.25, -0.2) is 4.98 Å². The Labute approximate surface area is 205 Å². The molecule has 182 valence electrons. The Bertz CT molecular complexity index is 1100. The molecule has 8 heteroatoms. The highest BCUT2D eigenvalue weighted by Gasteiger charge is 2.26. The van der Waals surface area contributed by atoms with E-state index in [0.717, 1.165) is 23.7 Å². The van der Waals surface area contributed by atoms with E-state index in [2.05, 4.69) is 30.9 Å². The van der Waals surface area contributed by atoms with Crippen molar-refractivity contribution in [3.8, 4) is 17.2 Å². The molecule has 0 aliphatic carbocycles. The Morgan fingerprint density at radius 1 is 0.882 bits per heavy atom. The van der Waals surface area contributed by atoms with Crippen LogP contribution in [0.15, 0.2) is 24.3 Å². The summed E-state index contributed by atoms with van der Waals surface area (Å²) in [5.41, 5.74) is 4.14. The van der Waals surface area contributed by atoms with Crippen molar-refractivity contribution in [2.75, 3.05) is 50.9 Å². The fraction of sp³-hybridized carbons (Fsp3) is 0.462. The van der Waals surface area contributed by atoms with Gasteiger partial charge >= 0.3 is 0 Å². The van der Waals surface area contributed by atoms with Gasteiger partial charge in [0.05, 0.1) is 30.0 Å². The Hall–Kier alpha value is -3.00. The molecule has 0 spiro atoms. The molecule has 2 heterocycles. The third kappa shape index (κ3) is 4.92. The quantitative estimate of drug-likeness (QED) is 0.446. The Morgan fingerprint density at radius 2 is 1.47 bits per heavy atom. The van der Waals surface area contributed by atoms with Crippen molar-refractivity contribution >= 4 is 32.6 Å². The largest absolute Gasteiger partial charge is 0.490 e. The van der Waals surface area contributed by atoms with Crippen molar-refractivity contribution in [1.29, 1.82) is 0 Å². The predicted molar refractivity (Wildman–Crippen MR) is 137 cm³/mol. The van der Waals surface area contributed by atoms with Crippen molar-refractivity contribution in [2.45, 2.75) is 34.6 Å². The summed E-state index contributed by atoms with van der Waals surface area (Å²) in [7, 11) is 0. The molecule has 0 N–H and O–H groups in total. The fourth-order valence-electron chi connectivity index (χ4n) is 4.10. The predicted octanol–water partition coefficient (Wildman–Crippen LogP) is 5.07. The van der Waals surface area contributed by atoms with Crippen molar-refractivity contribution in [1.82, 2.24) is 9.88 Å². The van der Waals surface area contributed by atoms with Gasteiger partial charge in [-0.15, -0.1) is 0 Å². The molecular weight excluding hydrogens is 450 g/mol. The lowest BCUT2D eigenvalue weighted by Gasteiger charge is -2.34. The maximum absolute atomic E-state index is 13.4. The molecule has 1 aliphatic heterocycles. The Balaban J connectivity index is 1.50. The van der Waals surface area contributed by atoms with Crippen molar-refractivity contribution in [2.24, 2.45) is 0 Å². The van der Waals surface area contributed by atoms with Crippen LogP contribution in [0.4, 0.5) is 5.13 Å². The van der Waals surface area contributed by atoms with Crippen LogP contribution in [0.25, 0.3) is 10.2 Å². The molecule has 0 saturated carbocycles. The van der Waals surface area contributed by atoms with Crippen LogP contribution in [-0.4, -0.2) is 61.8 Å². The van der Waals surface area contributed by atoms with Crippen LogP contribution < -0.4 is 19.1 Å². The molecular formula is C26H33N3O4S. The van der Waals surface area contributed by atoms with E-state index in [1.165, 1.54) is 15.8 Å². The zero-order valence-electron chi connectivity index (χ0n) is 20.6. The molecule has 1 aromatic heterocycles. The summed E-state index contributed by atoms with van der Waals surface area (Å²) >= 11 is 1.72. The van der Waals surface area contributed by atoms with Gasteiger partial charge in [0.25, 0.3) is 5.91 Å². The molecule has 1 aliphatic rings. The molecule has 34 heavy (non-hydrogen) atoms. The molecule has 0 atom stereocenters. The fourth-order valence-corrected chi connectivity index (χ4v) is 5.20. The first kappa shape index (κ1) is 24.1. The molecule has 0 unspecified atom stereocenters. The number of hydrogen-bond acceptors (Lipinski definition) is 7. The molecule has 1 amide bonds. The van der Waals surface area contributed by atoms with Crippen LogP contribution in [0.5, 0.6) is 17.2 Å². The number of piperazine rings is 1. The van der Waals surface area contributed by atoms with E-state index < -0.39 is 0 Å². The summed E-state index contributed by atoms with van der Waals surface area (Å²) in [4.78, 5) is 22.4. The zero-order chi connectivity index (χ0) is 24.2. The smallest absolute Gasteiger partial charge is 0.254 e. The SMILES string of the molecule is CCOc1cc(C(=O)N2CCN(c3nc4cc(C)c(C)cc4s3)CC2)cc(OCC)c1OCC. The van der Waals surface area contributed by atoms with Gasteiger partial charge in [-0.3, -0.25) is 4.79 Å². The normalized spacial score (nSPS) is 13.9. The summed E-state index contributed by atoms with van der Waals surface area (Å²) in [6.45, 7) is 14.2. The third-order valence-corrected chi connectivity index (χ3v) is 7.07. The van der Waals surface area contributed by atoms with Gasteiger partial charge in [0.1, 0.15) is 0 Å². The second-order valence-corrected chi connectivity index (χ2v) is 9.29. The second-order valence-electron chi connectivity index (χ2n) is 8.28. The summed E-state index contributed by atoms with van der Waals surface area (Å²) in [6.07, 6.45) is 0. The number of rotatable bonds is 8. The van der Waals surface area contributed by atoms with Crippen molar-refractivity contribution in [3.05, 3.63) is 41.0 Å². The number of amides is 1.